The molecule has 2 aliphatic heterocycles. The van der Waals surface area contributed by atoms with Crippen molar-refractivity contribution in [2.45, 2.75) is 19.5 Å². The zero-order valence-corrected chi connectivity index (χ0v) is 9.47. The van der Waals surface area contributed by atoms with Crippen molar-refractivity contribution in [1.29, 1.82) is 0 Å². The molecule has 7 nitrogen and oxygen atoms in total. The molecular formula is C10H15N3O4. The van der Waals surface area contributed by atoms with Gasteiger partial charge in [-0.05, 0) is 13.3 Å². The van der Waals surface area contributed by atoms with Crippen molar-refractivity contribution in [1.82, 2.24) is 15.5 Å². The lowest BCUT2D eigenvalue weighted by molar-refractivity contribution is -0.145. The summed E-state index contributed by atoms with van der Waals surface area (Å²) in [4.78, 5) is 35.6. The molecule has 2 heterocycles. The Balaban J connectivity index is 2.17. The highest BCUT2D eigenvalue weighted by Crippen LogP contribution is 2.26. The number of carboxylic acids is 1. The molecule has 2 aliphatic rings. The summed E-state index contributed by atoms with van der Waals surface area (Å²) in [5.41, 5.74) is 0. The zero-order chi connectivity index (χ0) is 12.6. The maximum Gasteiger partial charge on any atom is 0.325 e. The van der Waals surface area contributed by atoms with Crippen molar-refractivity contribution in [2.75, 3.05) is 13.1 Å². The number of hydrogen-bond acceptors (Lipinski definition) is 4. The number of urea groups is 1. The molecule has 94 valence electrons. The third-order valence-electron chi connectivity index (χ3n) is 3.35. The van der Waals surface area contributed by atoms with Crippen LogP contribution in [-0.4, -0.2) is 47.2 Å². The second kappa shape index (κ2) is 4.33. The van der Waals surface area contributed by atoms with Gasteiger partial charge in [-0.15, -0.1) is 0 Å². The van der Waals surface area contributed by atoms with Gasteiger partial charge in [-0.3, -0.25) is 20.2 Å². The van der Waals surface area contributed by atoms with Gasteiger partial charge >= 0.3 is 12.0 Å². The van der Waals surface area contributed by atoms with Crippen LogP contribution < -0.4 is 10.6 Å². The molecule has 2 rings (SSSR count). The third kappa shape index (κ3) is 1.97. The van der Waals surface area contributed by atoms with Crippen LogP contribution in [0.15, 0.2) is 0 Å². The SMILES string of the molecule is CCN1C(=O)NC(=O)C2CC(C(=O)O)CNC21. The first-order valence-corrected chi connectivity index (χ1v) is 5.62. The van der Waals surface area contributed by atoms with Crippen molar-refractivity contribution in [2.24, 2.45) is 11.8 Å². The van der Waals surface area contributed by atoms with Crippen LogP contribution in [0, 0.1) is 11.8 Å². The van der Waals surface area contributed by atoms with Gasteiger partial charge in [0.05, 0.1) is 18.0 Å². The fourth-order valence-electron chi connectivity index (χ4n) is 2.43. The number of carbonyl (C=O) groups is 3. The smallest absolute Gasteiger partial charge is 0.325 e. The number of imide groups is 1. The van der Waals surface area contributed by atoms with Crippen molar-refractivity contribution < 1.29 is 19.5 Å². The van der Waals surface area contributed by atoms with Crippen LogP contribution in [0.3, 0.4) is 0 Å². The van der Waals surface area contributed by atoms with E-state index < -0.39 is 23.8 Å². The van der Waals surface area contributed by atoms with E-state index in [1.54, 1.807) is 0 Å². The van der Waals surface area contributed by atoms with Gasteiger partial charge in [0.25, 0.3) is 0 Å². The van der Waals surface area contributed by atoms with Crippen LogP contribution >= 0.6 is 0 Å². The van der Waals surface area contributed by atoms with Gasteiger partial charge in [-0.25, -0.2) is 4.79 Å². The molecule has 7 heteroatoms. The maximum atomic E-state index is 11.7. The van der Waals surface area contributed by atoms with Gasteiger partial charge < -0.3 is 10.0 Å². The molecule has 0 aromatic carbocycles. The average Bonchev–Trinajstić information content (AvgIpc) is 2.29. The van der Waals surface area contributed by atoms with Crippen molar-refractivity contribution in [3.8, 4) is 0 Å². The summed E-state index contributed by atoms with van der Waals surface area (Å²) in [6.45, 7) is 2.58. The van der Waals surface area contributed by atoms with Gasteiger partial charge in [0, 0.05) is 13.1 Å². The number of rotatable bonds is 2. The minimum absolute atomic E-state index is 0.266. The number of piperidine rings is 1. The summed E-state index contributed by atoms with van der Waals surface area (Å²) in [6.07, 6.45) is -0.111. The lowest BCUT2D eigenvalue weighted by Crippen LogP contribution is -2.67. The van der Waals surface area contributed by atoms with Crippen LogP contribution in [0.5, 0.6) is 0 Å². The molecule has 17 heavy (non-hydrogen) atoms. The molecule has 0 bridgehead atoms. The second-order valence-electron chi connectivity index (χ2n) is 4.31. The first-order valence-electron chi connectivity index (χ1n) is 5.62. The molecule has 0 aliphatic carbocycles. The Labute approximate surface area is 98.2 Å². The van der Waals surface area contributed by atoms with Gasteiger partial charge in [-0.1, -0.05) is 0 Å². The number of carbonyl (C=O) groups excluding carboxylic acids is 2. The molecular weight excluding hydrogens is 226 g/mol. The number of nitrogens with zero attached hydrogens (tertiary/aromatic N) is 1. The first-order chi connectivity index (χ1) is 8.04. The average molecular weight is 241 g/mol. The highest BCUT2D eigenvalue weighted by atomic mass is 16.4. The molecule has 2 fully saturated rings. The number of fused-ring (bicyclic) bond motifs is 1. The minimum atomic E-state index is -0.913. The summed E-state index contributed by atoms with van der Waals surface area (Å²) in [5, 5.41) is 14.2. The first kappa shape index (κ1) is 11.8. The normalized spacial score (nSPS) is 33.0. The summed E-state index contributed by atoms with van der Waals surface area (Å²) in [6, 6.07) is -0.417. The molecule has 2 saturated heterocycles. The van der Waals surface area contributed by atoms with Crippen LogP contribution in [-0.2, 0) is 9.59 Å². The molecule has 3 N–H and O–H groups in total. The van der Waals surface area contributed by atoms with E-state index in [0.29, 0.717) is 6.54 Å². The lowest BCUT2D eigenvalue weighted by atomic mass is 9.85. The van der Waals surface area contributed by atoms with E-state index in [2.05, 4.69) is 10.6 Å². The van der Waals surface area contributed by atoms with E-state index in [0.717, 1.165) is 0 Å². The van der Waals surface area contributed by atoms with Gasteiger partial charge in [0.2, 0.25) is 5.91 Å². The quantitative estimate of drug-likeness (QED) is 0.587. The summed E-state index contributed by atoms with van der Waals surface area (Å²) in [5.74, 6) is -2.36. The zero-order valence-electron chi connectivity index (χ0n) is 9.47. The topological polar surface area (TPSA) is 98.7 Å². The van der Waals surface area contributed by atoms with Crippen LogP contribution in [0.25, 0.3) is 0 Å². The predicted octanol–water partition coefficient (Wildman–Crippen LogP) is -0.805. The van der Waals surface area contributed by atoms with Gasteiger partial charge in [0.15, 0.2) is 0 Å². The third-order valence-corrected chi connectivity index (χ3v) is 3.35. The highest BCUT2D eigenvalue weighted by Gasteiger charge is 2.45. The molecule has 3 unspecified atom stereocenters. The fraction of sp³-hybridized carbons (Fsp3) is 0.700. The summed E-state index contributed by atoms with van der Waals surface area (Å²) in [7, 11) is 0. The molecule has 3 amide bonds. The lowest BCUT2D eigenvalue weighted by Gasteiger charge is -2.44. The van der Waals surface area contributed by atoms with Gasteiger partial charge in [-0.2, -0.15) is 0 Å². The molecule has 0 saturated carbocycles. The molecule has 0 aromatic rings. The Kier molecular flexibility index (Phi) is 3.01. The van der Waals surface area contributed by atoms with E-state index in [1.165, 1.54) is 4.90 Å². The Morgan fingerprint density at radius 2 is 2.24 bits per heavy atom. The second-order valence-corrected chi connectivity index (χ2v) is 4.31. The molecule has 3 atom stereocenters. The number of hydrogen-bond donors (Lipinski definition) is 3. The standard InChI is InChI=1S/C10H15N3O4/c1-2-13-7-6(8(14)12-10(13)17)3-5(4-11-7)9(15)16/h5-7,11H,2-4H2,1H3,(H,15,16)(H,12,14,17). The Hall–Kier alpha value is -1.63. The van der Waals surface area contributed by atoms with E-state index in [4.69, 9.17) is 5.11 Å². The molecule has 0 spiro atoms. The monoisotopic (exact) mass is 241 g/mol. The minimum Gasteiger partial charge on any atom is -0.481 e. The van der Waals surface area contributed by atoms with Crippen molar-refractivity contribution >= 4 is 17.9 Å². The van der Waals surface area contributed by atoms with Crippen LogP contribution in [0.2, 0.25) is 0 Å². The number of aliphatic carboxylic acids is 1. The predicted molar refractivity (Wildman–Crippen MR) is 56.9 cm³/mol. The Bertz CT molecular complexity index is 371. The van der Waals surface area contributed by atoms with Crippen LogP contribution in [0.1, 0.15) is 13.3 Å². The van der Waals surface area contributed by atoms with Gasteiger partial charge in [0.1, 0.15) is 0 Å². The largest absolute Gasteiger partial charge is 0.481 e. The van der Waals surface area contributed by atoms with Crippen LogP contribution in [0.4, 0.5) is 4.79 Å². The van der Waals surface area contributed by atoms with Crippen molar-refractivity contribution in [3.05, 3.63) is 0 Å². The Morgan fingerprint density at radius 1 is 1.53 bits per heavy atom. The molecule has 0 aromatic heterocycles. The summed E-state index contributed by atoms with van der Waals surface area (Å²) >= 11 is 0. The molecule has 0 radical (unpaired) electrons. The van der Waals surface area contributed by atoms with Crippen molar-refractivity contribution in [3.63, 3.8) is 0 Å². The van der Waals surface area contributed by atoms with E-state index in [1.807, 2.05) is 6.92 Å². The number of amides is 3. The fourth-order valence-corrected chi connectivity index (χ4v) is 2.43. The highest BCUT2D eigenvalue weighted by molar-refractivity contribution is 5.98. The maximum absolute atomic E-state index is 11.7. The summed E-state index contributed by atoms with van der Waals surface area (Å²) < 4.78 is 0. The van der Waals surface area contributed by atoms with E-state index >= 15 is 0 Å². The number of nitrogens with one attached hydrogen (secondary N) is 2. The van der Waals surface area contributed by atoms with E-state index in [9.17, 15) is 14.4 Å². The number of carboxylic acid groups (broad SMARTS) is 1. The Morgan fingerprint density at radius 3 is 2.82 bits per heavy atom. The van der Waals surface area contributed by atoms with E-state index in [-0.39, 0.29) is 25.0 Å².